The minimum Gasteiger partial charge on any atom is -0.351 e. The third-order valence-electron chi connectivity index (χ3n) is 4.98. The van der Waals surface area contributed by atoms with Crippen LogP contribution in [0.15, 0.2) is 55.0 Å². The van der Waals surface area contributed by atoms with Crippen LogP contribution in [0.5, 0.6) is 0 Å². The molecule has 0 radical (unpaired) electrons. The number of hydrogen-bond donors (Lipinski definition) is 1. The van der Waals surface area contributed by atoms with Crippen molar-refractivity contribution in [2.45, 2.75) is 25.4 Å². The van der Waals surface area contributed by atoms with E-state index >= 15 is 0 Å². The van der Waals surface area contributed by atoms with E-state index in [0.717, 1.165) is 42.7 Å². The van der Waals surface area contributed by atoms with Crippen LogP contribution in [0, 0.1) is 0 Å². The van der Waals surface area contributed by atoms with Gasteiger partial charge in [0.15, 0.2) is 5.65 Å². The van der Waals surface area contributed by atoms with Crippen LogP contribution in [-0.4, -0.2) is 45.0 Å². The summed E-state index contributed by atoms with van der Waals surface area (Å²) in [5.41, 5.74) is 3.01. The fourth-order valence-electron chi connectivity index (χ4n) is 3.55. The van der Waals surface area contributed by atoms with Gasteiger partial charge in [-0.2, -0.15) is 0 Å². The summed E-state index contributed by atoms with van der Waals surface area (Å²) < 4.78 is 2.18. The fourth-order valence-corrected chi connectivity index (χ4v) is 3.55. The number of pyridine rings is 1. The lowest BCUT2D eigenvalue weighted by molar-refractivity contribution is -0.122. The van der Waals surface area contributed by atoms with Crippen molar-refractivity contribution in [1.29, 1.82) is 0 Å². The summed E-state index contributed by atoms with van der Waals surface area (Å²) >= 11 is 0. The Labute approximate surface area is 152 Å². The summed E-state index contributed by atoms with van der Waals surface area (Å²) in [6.45, 7) is 2.87. The van der Waals surface area contributed by atoms with Crippen LogP contribution in [0.25, 0.3) is 11.2 Å². The molecule has 0 saturated carbocycles. The number of piperidine rings is 1. The summed E-state index contributed by atoms with van der Waals surface area (Å²) in [6.07, 6.45) is 5.72. The molecular weight excluding hydrogens is 326 g/mol. The van der Waals surface area contributed by atoms with Gasteiger partial charge in [-0.05, 0) is 30.5 Å². The zero-order valence-corrected chi connectivity index (χ0v) is 14.7. The molecular formula is C20H23N5O. The second-order valence-electron chi connectivity index (χ2n) is 6.77. The van der Waals surface area contributed by atoms with Crippen LogP contribution in [0.4, 0.5) is 0 Å². The van der Waals surface area contributed by atoms with Crippen LogP contribution < -0.4 is 5.32 Å². The van der Waals surface area contributed by atoms with E-state index in [1.54, 1.807) is 0 Å². The monoisotopic (exact) mass is 349 g/mol. The molecule has 4 rings (SSSR count). The standard InChI is InChI=1S/C20H23N5O/c26-19(22-13-16-5-2-1-3-6-16)14-24-11-8-17(9-12-24)25-15-23-18-7-4-10-21-20(18)25/h1-7,10,15,17H,8-9,11-14H2,(H,22,26). The Balaban J connectivity index is 1.28. The van der Waals surface area contributed by atoms with Crippen LogP contribution in [0.1, 0.15) is 24.4 Å². The fraction of sp³-hybridized carbons (Fsp3) is 0.350. The number of benzene rings is 1. The predicted octanol–water partition coefficient (Wildman–Crippen LogP) is 2.38. The number of hydrogen-bond acceptors (Lipinski definition) is 4. The third-order valence-corrected chi connectivity index (χ3v) is 4.98. The summed E-state index contributed by atoms with van der Waals surface area (Å²) in [5, 5.41) is 3.00. The Hall–Kier alpha value is -2.73. The number of rotatable bonds is 5. The van der Waals surface area contributed by atoms with Crippen LogP contribution in [0.2, 0.25) is 0 Å². The molecule has 1 N–H and O–H groups in total. The average molecular weight is 349 g/mol. The van der Waals surface area contributed by atoms with Gasteiger partial charge in [0.2, 0.25) is 5.91 Å². The zero-order valence-electron chi connectivity index (χ0n) is 14.7. The molecule has 1 aromatic carbocycles. The van der Waals surface area contributed by atoms with E-state index in [-0.39, 0.29) is 5.91 Å². The van der Waals surface area contributed by atoms with Crippen molar-refractivity contribution in [3.05, 3.63) is 60.6 Å². The first-order valence-corrected chi connectivity index (χ1v) is 9.10. The van der Waals surface area contributed by atoms with Gasteiger partial charge in [-0.15, -0.1) is 0 Å². The molecule has 134 valence electrons. The van der Waals surface area contributed by atoms with Gasteiger partial charge >= 0.3 is 0 Å². The van der Waals surface area contributed by atoms with Gasteiger partial charge < -0.3 is 9.88 Å². The number of imidazole rings is 1. The van der Waals surface area contributed by atoms with Crippen molar-refractivity contribution < 1.29 is 4.79 Å². The SMILES string of the molecule is O=C(CN1CCC(n2cnc3cccnc32)CC1)NCc1ccccc1. The van der Waals surface area contributed by atoms with E-state index in [9.17, 15) is 4.79 Å². The van der Waals surface area contributed by atoms with E-state index in [4.69, 9.17) is 0 Å². The first-order chi connectivity index (χ1) is 12.8. The maximum atomic E-state index is 12.2. The number of nitrogens with zero attached hydrogens (tertiary/aromatic N) is 4. The van der Waals surface area contributed by atoms with E-state index < -0.39 is 0 Å². The predicted molar refractivity (Wildman–Crippen MR) is 101 cm³/mol. The summed E-state index contributed by atoms with van der Waals surface area (Å²) in [5.74, 6) is 0.0852. The molecule has 0 spiro atoms. The van der Waals surface area contributed by atoms with Crippen molar-refractivity contribution in [3.8, 4) is 0 Å². The summed E-state index contributed by atoms with van der Waals surface area (Å²) in [6, 6.07) is 14.3. The maximum absolute atomic E-state index is 12.2. The number of nitrogens with one attached hydrogen (secondary N) is 1. The molecule has 3 heterocycles. The van der Waals surface area contributed by atoms with Crippen LogP contribution >= 0.6 is 0 Å². The second-order valence-corrected chi connectivity index (χ2v) is 6.77. The van der Waals surface area contributed by atoms with Crippen LogP contribution in [0.3, 0.4) is 0 Å². The van der Waals surface area contributed by atoms with Crippen molar-refractivity contribution in [2.24, 2.45) is 0 Å². The normalized spacial score (nSPS) is 16.0. The Morgan fingerprint density at radius 1 is 1.08 bits per heavy atom. The lowest BCUT2D eigenvalue weighted by Gasteiger charge is -2.32. The molecule has 0 unspecified atom stereocenters. The Morgan fingerprint density at radius 3 is 2.69 bits per heavy atom. The number of fused-ring (bicyclic) bond motifs is 1. The Kier molecular flexibility index (Phi) is 4.93. The molecule has 1 saturated heterocycles. The van der Waals surface area contributed by atoms with Gasteiger partial charge in [0.05, 0.1) is 12.9 Å². The highest BCUT2D eigenvalue weighted by Crippen LogP contribution is 2.25. The first kappa shape index (κ1) is 16.7. The van der Waals surface area contributed by atoms with Gasteiger partial charge in [0, 0.05) is 31.9 Å². The molecule has 1 fully saturated rings. The lowest BCUT2D eigenvalue weighted by Crippen LogP contribution is -2.41. The molecule has 1 amide bonds. The molecule has 1 aliphatic rings. The van der Waals surface area contributed by atoms with E-state index in [1.165, 1.54) is 0 Å². The molecule has 0 aliphatic carbocycles. The third kappa shape index (κ3) is 3.75. The van der Waals surface area contributed by atoms with Crippen molar-refractivity contribution >= 4 is 17.1 Å². The van der Waals surface area contributed by atoms with E-state index in [1.807, 2.05) is 55.0 Å². The average Bonchev–Trinajstić information content (AvgIpc) is 3.12. The highest BCUT2D eigenvalue weighted by atomic mass is 16.2. The Bertz CT molecular complexity index is 868. The topological polar surface area (TPSA) is 63.1 Å². The van der Waals surface area contributed by atoms with Crippen LogP contribution in [-0.2, 0) is 11.3 Å². The molecule has 3 aromatic rings. The van der Waals surface area contributed by atoms with E-state index in [2.05, 4.69) is 24.8 Å². The number of likely N-dealkylation sites (tertiary alicyclic amines) is 1. The maximum Gasteiger partial charge on any atom is 0.234 e. The molecule has 6 heteroatoms. The van der Waals surface area contributed by atoms with Crippen molar-refractivity contribution in [2.75, 3.05) is 19.6 Å². The van der Waals surface area contributed by atoms with E-state index in [0.29, 0.717) is 19.1 Å². The lowest BCUT2D eigenvalue weighted by atomic mass is 10.0. The molecule has 2 aromatic heterocycles. The Morgan fingerprint density at radius 2 is 1.88 bits per heavy atom. The number of carbonyl (C=O) groups excluding carboxylic acids is 1. The number of carbonyl (C=O) groups is 1. The van der Waals surface area contributed by atoms with Gasteiger partial charge in [-0.25, -0.2) is 9.97 Å². The highest BCUT2D eigenvalue weighted by molar-refractivity contribution is 5.78. The van der Waals surface area contributed by atoms with Gasteiger partial charge in [-0.1, -0.05) is 30.3 Å². The van der Waals surface area contributed by atoms with Crippen molar-refractivity contribution in [3.63, 3.8) is 0 Å². The molecule has 1 aliphatic heterocycles. The molecule has 6 nitrogen and oxygen atoms in total. The van der Waals surface area contributed by atoms with Crippen molar-refractivity contribution in [1.82, 2.24) is 24.8 Å². The second kappa shape index (κ2) is 7.66. The largest absolute Gasteiger partial charge is 0.351 e. The number of aromatic nitrogens is 3. The minimum absolute atomic E-state index is 0.0852. The zero-order chi connectivity index (χ0) is 17.8. The molecule has 0 atom stereocenters. The first-order valence-electron chi connectivity index (χ1n) is 9.10. The van der Waals surface area contributed by atoms with Gasteiger partial charge in [-0.3, -0.25) is 9.69 Å². The smallest absolute Gasteiger partial charge is 0.234 e. The minimum atomic E-state index is 0.0852. The molecule has 26 heavy (non-hydrogen) atoms. The summed E-state index contributed by atoms with van der Waals surface area (Å²) in [4.78, 5) is 23.3. The summed E-state index contributed by atoms with van der Waals surface area (Å²) in [7, 11) is 0. The quantitative estimate of drug-likeness (QED) is 0.768. The highest BCUT2D eigenvalue weighted by Gasteiger charge is 2.23. The number of amides is 1. The molecule has 0 bridgehead atoms. The van der Waals surface area contributed by atoms with Gasteiger partial charge in [0.1, 0.15) is 5.52 Å². The van der Waals surface area contributed by atoms with Gasteiger partial charge in [0.25, 0.3) is 0 Å².